The van der Waals surface area contributed by atoms with Gasteiger partial charge in [0.15, 0.2) is 0 Å². The van der Waals surface area contributed by atoms with Crippen LogP contribution >= 0.6 is 0 Å². The van der Waals surface area contributed by atoms with Crippen LogP contribution in [0.2, 0.25) is 0 Å². The van der Waals surface area contributed by atoms with Crippen LogP contribution in [0.25, 0.3) is 0 Å². The van der Waals surface area contributed by atoms with E-state index in [1.165, 1.54) is 32.4 Å². The second-order valence-electron chi connectivity index (χ2n) is 6.36. The Hall–Kier alpha value is -1.39. The van der Waals surface area contributed by atoms with Gasteiger partial charge in [0.25, 0.3) is 0 Å². The van der Waals surface area contributed by atoms with Crippen molar-refractivity contribution in [2.45, 2.75) is 31.2 Å². The Morgan fingerprint density at radius 1 is 1.19 bits per heavy atom. The van der Waals surface area contributed by atoms with Gasteiger partial charge in [-0.25, -0.2) is 0 Å². The van der Waals surface area contributed by atoms with Crippen LogP contribution in [-0.4, -0.2) is 54.4 Å². The molecule has 2 saturated heterocycles. The van der Waals surface area contributed by atoms with Crippen molar-refractivity contribution in [3.05, 3.63) is 35.9 Å². The SMILES string of the molecule is N=C(N)C(CN1CCN2CCCCC2C1)c1ccccc1. The van der Waals surface area contributed by atoms with Crippen LogP contribution in [0.5, 0.6) is 0 Å². The number of rotatable bonds is 4. The smallest absolute Gasteiger partial charge is 0.0995 e. The maximum absolute atomic E-state index is 7.93. The lowest BCUT2D eigenvalue weighted by atomic mass is 9.95. The van der Waals surface area contributed by atoms with E-state index in [1.807, 2.05) is 18.2 Å². The van der Waals surface area contributed by atoms with Gasteiger partial charge in [0.05, 0.1) is 11.8 Å². The molecule has 21 heavy (non-hydrogen) atoms. The molecule has 4 nitrogen and oxygen atoms in total. The largest absolute Gasteiger partial charge is 0.387 e. The molecular weight excluding hydrogens is 260 g/mol. The molecule has 1 aromatic carbocycles. The predicted octanol–water partition coefficient (Wildman–Crippen LogP) is 1.88. The van der Waals surface area contributed by atoms with E-state index < -0.39 is 0 Å². The highest BCUT2D eigenvalue weighted by Gasteiger charge is 2.30. The normalized spacial score (nSPS) is 25.2. The van der Waals surface area contributed by atoms with Gasteiger partial charge in [-0.15, -0.1) is 0 Å². The molecule has 0 aromatic heterocycles. The molecule has 2 heterocycles. The lowest BCUT2D eigenvalue weighted by Crippen LogP contribution is -2.55. The minimum atomic E-state index is 0.0290. The Morgan fingerprint density at radius 3 is 2.76 bits per heavy atom. The highest BCUT2D eigenvalue weighted by atomic mass is 15.3. The summed E-state index contributed by atoms with van der Waals surface area (Å²) in [6.07, 6.45) is 4.05. The fourth-order valence-electron chi connectivity index (χ4n) is 3.71. The molecule has 3 N–H and O–H groups in total. The van der Waals surface area contributed by atoms with Gasteiger partial charge in [-0.1, -0.05) is 36.8 Å². The van der Waals surface area contributed by atoms with E-state index in [0.29, 0.717) is 0 Å². The molecule has 0 saturated carbocycles. The van der Waals surface area contributed by atoms with Gasteiger partial charge in [-0.2, -0.15) is 0 Å². The van der Waals surface area contributed by atoms with Crippen molar-refractivity contribution in [3.63, 3.8) is 0 Å². The maximum atomic E-state index is 7.93. The van der Waals surface area contributed by atoms with Gasteiger partial charge in [0, 0.05) is 32.2 Å². The predicted molar refractivity (Wildman–Crippen MR) is 86.7 cm³/mol. The third kappa shape index (κ3) is 3.44. The Balaban J connectivity index is 1.65. The van der Waals surface area contributed by atoms with Gasteiger partial charge in [-0.05, 0) is 24.9 Å². The highest BCUT2D eigenvalue weighted by Crippen LogP contribution is 2.23. The fourth-order valence-corrected chi connectivity index (χ4v) is 3.71. The minimum absolute atomic E-state index is 0.0290. The molecule has 2 aliphatic heterocycles. The van der Waals surface area contributed by atoms with Crippen molar-refractivity contribution in [3.8, 4) is 0 Å². The summed E-state index contributed by atoms with van der Waals surface area (Å²) in [5.74, 6) is 0.314. The molecule has 0 bridgehead atoms. The number of piperidine rings is 1. The van der Waals surface area contributed by atoms with Crippen LogP contribution in [0.15, 0.2) is 30.3 Å². The first kappa shape index (κ1) is 14.5. The summed E-state index contributed by atoms with van der Waals surface area (Å²) in [5, 5.41) is 7.93. The van der Waals surface area contributed by atoms with Gasteiger partial charge in [-0.3, -0.25) is 15.2 Å². The average molecular weight is 286 g/mol. The first-order chi connectivity index (χ1) is 10.2. The maximum Gasteiger partial charge on any atom is 0.0995 e. The number of hydrogen-bond acceptors (Lipinski definition) is 3. The molecule has 0 radical (unpaired) electrons. The summed E-state index contributed by atoms with van der Waals surface area (Å²) >= 11 is 0. The average Bonchev–Trinajstić information content (AvgIpc) is 2.53. The van der Waals surface area contributed by atoms with E-state index in [-0.39, 0.29) is 11.8 Å². The van der Waals surface area contributed by atoms with Gasteiger partial charge < -0.3 is 5.73 Å². The second-order valence-corrected chi connectivity index (χ2v) is 6.36. The summed E-state index contributed by atoms with van der Waals surface area (Å²) in [7, 11) is 0. The zero-order chi connectivity index (χ0) is 14.7. The van der Waals surface area contributed by atoms with E-state index in [9.17, 15) is 0 Å². The van der Waals surface area contributed by atoms with Crippen molar-refractivity contribution < 1.29 is 0 Å². The summed E-state index contributed by atoms with van der Waals surface area (Å²) in [5.41, 5.74) is 7.03. The third-order valence-corrected chi connectivity index (χ3v) is 4.94. The van der Waals surface area contributed by atoms with Crippen LogP contribution in [0.4, 0.5) is 0 Å². The van der Waals surface area contributed by atoms with Gasteiger partial charge in [0.2, 0.25) is 0 Å². The van der Waals surface area contributed by atoms with Crippen LogP contribution < -0.4 is 5.73 Å². The fraction of sp³-hybridized carbons (Fsp3) is 0.588. The van der Waals surface area contributed by atoms with Crippen LogP contribution in [0.3, 0.4) is 0 Å². The van der Waals surface area contributed by atoms with E-state index in [2.05, 4.69) is 21.9 Å². The van der Waals surface area contributed by atoms with Crippen molar-refractivity contribution >= 4 is 5.84 Å². The molecule has 4 heteroatoms. The van der Waals surface area contributed by atoms with Crippen LogP contribution in [0, 0.1) is 5.41 Å². The molecule has 0 amide bonds. The van der Waals surface area contributed by atoms with Crippen LogP contribution in [-0.2, 0) is 0 Å². The summed E-state index contributed by atoms with van der Waals surface area (Å²) < 4.78 is 0. The van der Waals surface area contributed by atoms with E-state index in [4.69, 9.17) is 11.1 Å². The molecule has 3 rings (SSSR count). The molecule has 114 valence electrons. The lowest BCUT2D eigenvalue weighted by molar-refractivity contribution is 0.0489. The number of fused-ring (bicyclic) bond motifs is 1. The first-order valence-electron chi connectivity index (χ1n) is 8.09. The number of nitrogens with zero attached hydrogens (tertiary/aromatic N) is 2. The standard InChI is InChI=1S/C17H26N4/c18-17(19)16(14-6-2-1-3-7-14)13-20-10-11-21-9-5-4-8-15(21)12-20/h1-3,6-7,15-16H,4-5,8-13H2,(H3,18,19). The molecule has 2 aliphatic rings. The number of benzene rings is 1. The first-order valence-corrected chi connectivity index (χ1v) is 8.09. The summed E-state index contributed by atoms with van der Waals surface area (Å²) in [6.45, 7) is 5.56. The monoisotopic (exact) mass is 286 g/mol. The molecule has 1 aromatic rings. The summed E-state index contributed by atoms with van der Waals surface area (Å²) in [4.78, 5) is 5.15. The highest BCUT2D eigenvalue weighted by molar-refractivity contribution is 5.84. The number of nitrogens with two attached hydrogens (primary N) is 1. The Bertz CT molecular complexity index is 473. The topological polar surface area (TPSA) is 56.4 Å². The molecule has 2 fully saturated rings. The number of piperazine rings is 1. The van der Waals surface area contributed by atoms with Gasteiger partial charge in [0.1, 0.15) is 0 Å². The van der Waals surface area contributed by atoms with Crippen molar-refractivity contribution in [1.29, 1.82) is 5.41 Å². The van der Waals surface area contributed by atoms with E-state index in [1.54, 1.807) is 0 Å². The van der Waals surface area contributed by atoms with Crippen molar-refractivity contribution in [2.24, 2.45) is 5.73 Å². The van der Waals surface area contributed by atoms with Gasteiger partial charge >= 0.3 is 0 Å². The zero-order valence-corrected chi connectivity index (χ0v) is 12.7. The van der Waals surface area contributed by atoms with Crippen molar-refractivity contribution in [2.75, 3.05) is 32.7 Å². The number of nitrogens with one attached hydrogen (secondary N) is 1. The minimum Gasteiger partial charge on any atom is -0.387 e. The third-order valence-electron chi connectivity index (χ3n) is 4.94. The Labute approximate surface area is 127 Å². The molecule has 0 spiro atoms. The van der Waals surface area contributed by atoms with Crippen LogP contribution in [0.1, 0.15) is 30.7 Å². The molecular formula is C17H26N4. The Kier molecular flexibility index (Phi) is 4.56. The van der Waals surface area contributed by atoms with E-state index >= 15 is 0 Å². The Morgan fingerprint density at radius 2 is 2.00 bits per heavy atom. The summed E-state index contributed by atoms with van der Waals surface area (Å²) in [6, 6.07) is 11.0. The molecule has 0 aliphatic carbocycles. The van der Waals surface area contributed by atoms with E-state index in [0.717, 1.165) is 31.2 Å². The quantitative estimate of drug-likeness (QED) is 0.656. The molecule has 2 atom stereocenters. The second kappa shape index (κ2) is 6.58. The molecule has 2 unspecified atom stereocenters. The zero-order valence-electron chi connectivity index (χ0n) is 12.7. The number of amidine groups is 1. The lowest BCUT2D eigenvalue weighted by Gasteiger charge is -2.44. The van der Waals surface area contributed by atoms with Crippen molar-refractivity contribution in [1.82, 2.24) is 9.80 Å². The number of hydrogen-bond donors (Lipinski definition) is 2.